The molecule has 1 aromatic rings. The Morgan fingerprint density at radius 3 is 2.38 bits per heavy atom. The molecule has 26 heavy (non-hydrogen) atoms. The van der Waals surface area contributed by atoms with Gasteiger partial charge in [-0.05, 0) is 49.8 Å². The molecule has 1 aliphatic carbocycles. The molecule has 3 N–H and O–H groups in total. The molecule has 4 nitrogen and oxygen atoms in total. The number of carbonyl (C=O) groups excluding carboxylic acids is 1. The first kappa shape index (κ1) is 23.8. The lowest BCUT2D eigenvalue weighted by Crippen LogP contribution is -2.46. The van der Waals surface area contributed by atoms with Crippen LogP contribution >= 0.6 is 48.0 Å². The lowest BCUT2D eigenvalue weighted by atomic mass is 10.0. The average molecular weight is 443 g/mol. The van der Waals surface area contributed by atoms with Gasteiger partial charge in [0.1, 0.15) is 0 Å². The molecular formula is C18H27Cl4N3O. The molecule has 1 saturated carbocycles. The van der Waals surface area contributed by atoms with E-state index in [1.54, 1.807) is 0 Å². The summed E-state index contributed by atoms with van der Waals surface area (Å²) in [5.74, 6) is 0.320. The van der Waals surface area contributed by atoms with E-state index in [-0.39, 0.29) is 42.7 Å². The molecule has 1 aliphatic heterocycles. The van der Waals surface area contributed by atoms with Crippen molar-refractivity contribution in [3.8, 4) is 0 Å². The lowest BCUT2D eigenvalue weighted by Gasteiger charge is -2.33. The number of nitrogens with two attached hydrogens (primary N) is 1. The monoisotopic (exact) mass is 441 g/mol. The Kier molecular flexibility index (Phi) is 10.0. The Labute approximate surface area is 178 Å². The SMILES string of the molecule is Cl.Cl.NC1CCC(C(=O)NC2CCN(Cc3ccc(Cl)c(Cl)c3)CC2)C1. The van der Waals surface area contributed by atoms with Crippen molar-refractivity contribution in [3.05, 3.63) is 33.8 Å². The second-order valence-corrected chi connectivity index (χ2v) is 7.89. The van der Waals surface area contributed by atoms with Gasteiger partial charge < -0.3 is 11.1 Å². The van der Waals surface area contributed by atoms with Crippen LogP contribution in [0.3, 0.4) is 0 Å². The summed E-state index contributed by atoms with van der Waals surface area (Å²) in [6, 6.07) is 6.29. The molecule has 1 saturated heterocycles. The summed E-state index contributed by atoms with van der Waals surface area (Å²) >= 11 is 12.0. The smallest absolute Gasteiger partial charge is 0.223 e. The molecular weight excluding hydrogens is 416 g/mol. The number of rotatable bonds is 4. The van der Waals surface area contributed by atoms with E-state index in [1.807, 2.05) is 18.2 Å². The summed E-state index contributed by atoms with van der Waals surface area (Å²) in [5, 5.41) is 4.42. The Bertz CT molecular complexity index is 594. The zero-order valence-electron chi connectivity index (χ0n) is 14.6. The van der Waals surface area contributed by atoms with Crippen LogP contribution in [0.2, 0.25) is 10.0 Å². The third-order valence-electron chi connectivity index (χ3n) is 5.17. The highest BCUT2D eigenvalue weighted by molar-refractivity contribution is 6.42. The van der Waals surface area contributed by atoms with Gasteiger partial charge in [-0.2, -0.15) is 0 Å². The number of hydrogen-bond acceptors (Lipinski definition) is 3. The summed E-state index contributed by atoms with van der Waals surface area (Å²) in [7, 11) is 0. The van der Waals surface area contributed by atoms with Crippen LogP contribution in [0.25, 0.3) is 0 Å². The molecule has 148 valence electrons. The number of likely N-dealkylation sites (tertiary alicyclic amines) is 1. The predicted molar refractivity (Wildman–Crippen MR) is 113 cm³/mol. The maximum absolute atomic E-state index is 12.3. The van der Waals surface area contributed by atoms with Gasteiger partial charge in [-0.25, -0.2) is 0 Å². The average Bonchev–Trinajstić information content (AvgIpc) is 2.99. The number of piperidine rings is 1. The maximum Gasteiger partial charge on any atom is 0.223 e. The Hall–Kier alpha value is -0.230. The minimum Gasteiger partial charge on any atom is -0.353 e. The molecule has 2 unspecified atom stereocenters. The van der Waals surface area contributed by atoms with Gasteiger partial charge >= 0.3 is 0 Å². The molecule has 0 bridgehead atoms. The van der Waals surface area contributed by atoms with Gasteiger partial charge in [0.25, 0.3) is 0 Å². The fourth-order valence-electron chi connectivity index (χ4n) is 3.71. The second kappa shape index (κ2) is 10.9. The summed E-state index contributed by atoms with van der Waals surface area (Å²) in [5.41, 5.74) is 7.08. The minimum atomic E-state index is 0. The van der Waals surface area contributed by atoms with Crippen molar-refractivity contribution >= 4 is 53.9 Å². The Morgan fingerprint density at radius 2 is 1.81 bits per heavy atom. The van der Waals surface area contributed by atoms with Gasteiger partial charge in [0.05, 0.1) is 10.0 Å². The van der Waals surface area contributed by atoms with Gasteiger partial charge in [0, 0.05) is 37.6 Å². The van der Waals surface area contributed by atoms with Crippen molar-refractivity contribution in [2.45, 2.75) is 50.7 Å². The van der Waals surface area contributed by atoms with Crippen LogP contribution in [0.5, 0.6) is 0 Å². The minimum absolute atomic E-state index is 0. The first-order valence-corrected chi connectivity index (χ1v) is 9.49. The third-order valence-corrected chi connectivity index (χ3v) is 5.91. The molecule has 0 radical (unpaired) electrons. The maximum atomic E-state index is 12.3. The molecule has 3 rings (SSSR count). The number of benzene rings is 1. The number of halogens is 4. The molecule has 0 spiro atoms. The second-order valence-electron chi connectivity index (χ2n) is 7.08. The van der Waals surface area contributed by atoms with E-state index in [4.69, 9.17) is 28.9 Å². The van der Waals surface area contributed by atoms with Crippen LogP contribution in [0, 0.1) is 5.92 Å². The summed E-state index contributed by atoms with van der Waals surface area (Å²) in [6.07, 6.45) is 4.73. The lowest BCUT2D eigenvalue weighted by molar-refractivity contribution is -0.125. The van der Waals surface area contributed by atoms with Crippen LogP contribution < -0.4 is 11.1 Å². The van der Waals surface area contributed by atoms with Crippen molar-refractivity contribution < 1.29 is 4.79 Å². The highest BCUT2D eigenvalue weighted by atomic mass is 35.5. The number of nitrogens with zero attached hydrogens (tertiary/aromatic N) is 1. The molecule has 1 amide bonds. The quantitative estimate of drug-likeness (QED) is 0.739. The topological polar surface area (TPSA) is 58.4 Å². The van der Waals surface area contributed by atoms with Crippen molar-refractivity contribution in [1.29, 1.82) is 0 Å². The highest BCUT2D eigenvalue weighted by Crippen LogP contribution is 2.26. The van der Waals surface area contributed by atoms with Crippen molar-refractivity contribution in [2.75, 3.05) is 13.1 Å². The van der Waals surface area contributed by atoms with Crippen LogP contribution in [0.15, 0.2) is 18.2 Å². The first-order valence-electron chi connectivity index (χ1n) is 8.73. The molecule has 1 aromatic carbocycles. The summed E-state index contributed by atoms with van der Waals surface area (Å²) < 4.78 is 0. The Morgan fingerprint density at radius 1 is 1.12 bits per heavy atom. The standard InChI is InChI=1S/C18H25Cl2N3O.2ClH/c19-16-4-1-12(9-17(16)20)11-23-7-5-15(6-8-23)22-18(24)13-2-3-14(21)10-13;;/h1,4,9,13-15H,2-3,5-8,10-11,21H2,(H,22,24);2*1H. The zero-order valence-corrected chi connectivity index (χ0v) is 17.8. The number of hydrogen-bond donors (Lipinski definition) is 2. The van der Waals surface area contributed by atoms with E-state index < -0.39 is 0 Å². The van der Waals surface area contributed by atoms with Crippen LogP contribution in [-0.4, -0.2) is 36.0 Å². The van der Waals surface area contributed by atoms with E-state index in [9.17, 15) is 4.79 Å². The first-order chi connectivity index (χ1) is 11.5. The normalized spacial score (nSPS) is 23.8. The number of nitrogens with one attached hydrogen (secondary N) is 1. The fraction of sp³-hybridized carbons (Fsp3) is 0.611. The van der Waals surface area contributed by atoms with E-state index >= 15 is 0 Å². The van der Waals surface area contributed by atoms with Gasteiger partial charge in [0.2, 0.25) is 5.91 Å². The molecule has 0 aromatic heterocycles. The van der Waals surface area contributed by atoms with Gasteiger partial charge in [0.15, 0.2) is 0 Å². The molecule has 8 heteroatoms. The van der Waals surface area contributed by atoms with Crippen LogP contribution in [0.1, 0.15) is 37.7 Å². The number of amides is 1. The molecule has 2 atom stereocenters. The van der Waals surface area contributed by atoms with Crippen molar-refractivity contribution in [1.82, 2.24) is 10.2 Å². The van der Waals surface area contributed by atoms with Crippen molar-refractivity contribution in [2.24, 2.45) is 11.7 Å². The van der Waals surface area contributed by atoms with Gasteiger partial charge in [-0.3, -0.25) is 9.69 Å². The van der Waals surface area contributed by atoms with Gasteiger partial charge in [-0.1, -0.05) is 29.3 Å². The van der Waals surface area contributed by atoms with Crippen LogP contribution in [0.4, 0.5) is 0 Å². The Balaban J connectivity index is 0.00000169. The fourth-order valence-corrected chi connectivity index (χ4v) is 4.03. The third kappa shape index (κ3) is 6.43. The molecule has 2 fully saturated rings. The van der Waals surface area contributed by atoms with Gasteiger partial charge in [-0.15, -0.1) is 24.8 Å². The molecule has 1 heterocycles. The van der Waals surface area contributed by atoms with E-state index in [0.717, 1.165) is 51.7 Å². The van der Waals surface area contributed by atoms with E-state index in [1.165, 1.54) is 5.56 Å². The summed E-state index contributed by atoms with van der Waals surface area (Å²) in [6.45, 7) is 2.83. The zero-order chi connectivity index (χ0) is 17.1. The molecule has 2 aliphatic rings. The van der Waals surface area contributed by atoms with Crippen LogP contribution in [-0.2, 0) is 11.3 Å². The largest absolute Gasteiger partial charge is 0.353 e. The highest BCUT2D eigenvalue weighted by Gasteiger charge is 2.29. The van der Waals surface area contributed by atoms with E-state index in [2.05, 4.69) is 10.2 Å². The number of carbonyl (C=O) groups is 1. The van der Waals surface area contributed by atoms with Crippen molar-refractivity contribution in [3.63, 3.8) is 0 Å². The predicted octanol–water partition coefficient (Wildman–Crippen LogP) is 4.05. The summed E-state index contributed by atoms with van der Waals surface area (Å²) in [4.78, 5) is 14.7. The van der Waals surface area contributed by atoms with E-state index in [0.29, 0.717) is 16.1 Å².